The van der Waals surface area contributed by atoms with Crippen molar-refractivity contribution < 1.29 is 9.90 Å². The van der Waals surface area contributed by atoms with Crippen LogP contribution < -0.4 is 10.6 Å². The third-order valence-corrected chi connectivity index (χ3v) is 2.76. The van der Waals surface area contributed by atoms with Gasteiger partial charge in [-0.05, 0) is 30.5 Å². The first-order chi connectivity index (χ1) is 8.02. The van der Waals surface area contributed by atoms with Crippen molar-refractivity contribution >= 4 is 23.3 Å². The summed E-state index contributed by atoms with van der Waals surface area (Å²) >= 11 is 5.94. The van der Waals surface area contributed by atoms with E-state index in [9.17, 15) is 4.79 Å². The van der Waals surface area contributed by atoms with E-state index in [2.05, 4.69) is 10.6 Å². The quantitative estimate of drug-likeness (QED) is 0.775. The maximum atomic E-state index is 11.5. The summed E-state index contributed by atoms with van der Waals surface area (Å²) in [6.07, 6.45) is 0. The molecule has 1 atom stereocenters. The van der Waals surface area contributed by atoms with Gasteiger partial charge < -0.3 is 15.7 Å². The van der Waals surface area contributed by atoms with Crippen molar-refractivity contribution in [2.75, 3.05) is 18.5 Å². The van der Waals surface area contributed by atoms with Crippen LogP contribution in [0.15, 0.2) is 18.2 Å². The number of anilines is 1. The van der Waals surface area contributed by atoms with Gasteiger partial charge in [-0.3, -0.25) is 0 Å². The van der Waals surface area contributed by atoms with E-state index in [0.29, 0.717) is 17.3 Å². The number of aliphatic hydroxyl groups is 1. The van der Waals surface area contributed by atoms with E-state index >= 15 is 0 Å². The van der Waals surface area contributed by atoms with Gasteiger partial charge in [-0.15, -0.1) is 0 Å². The van der Waals surface area contributed by atoms with Crippen LogP contribution in [0.1, 0.15) is 12.5 Å². The fourth-order valence-corrected chi connectivity index (χ4v) is 1.36. The third-order valence-electron chi connectivity index (χ3n) is 2.35. The first-order valence-corrected chi connectivity index (χ1v) is 5.82. The number of benzene rings is 1. The van der Waals surface area contributed by atoms with Crippen molar-refractivity contribution in [3.05, 3.63) is 28.8 Å². The number of hydrogen-bond acceptors (Lipinski definition) is 2. The maximum Gasteiger partial charge on any atom is 0.319 e. The number of rotatable bonds is 4. The fraction of sp³-hybridized carbons (Fsp3) is 0.417. The molecule has 1 aromatic rings. The molecule has 0 aliphatic rings. The molecule has 1 rings (SSSR count). The number of urea groups is 1. The molecule has 0 aliphatic carbocycles. The van der Waals surface area contributed by atoms with Gasteiger partial charge in [0, 0.05) is 23.9 Å². The molecule has 0 fully saturated rings. The lowest BCUT2D eigenvalue weighted by Gasteiger charge is -2.11. The SMILES string of the molecule is Cc1ccc(NC(=O)NCC(C)CO)cc1Cl. The highest BCUT2D eigenvalue weighted by molar-refractivity contribution is 6.31. The summed E-state index contributed by atoms with van der Waals surface area (Å²) in [4.78, 5) is 11.5. The highest BCUT2D eigenvalue weighted by Crippen LogP contribution is 2.19. The van der Waals surface area contributed by atoms with Crippen molar-refractivity contribution in [1.29, 1.82) is 0 Å². The van der Waals surface area contributed by atoms with E-state index in [4.69, 9.17) is 16.7 Å². The first kappa shape index (κ1) is 13.8. The number of nitrogens with one attached hydrogen (secondary N) is 2. The van der Waals surface area contributed by atoms with Gasteiger partial charge in [0.15, 0.2) is 0 Å². The van der Waals surface area contributed by atoms with E-state index in [0.717, 1.165) is 5.56 Å². The maximum absolute atomic E-state index is 11.5. The number of aryl methyl sites for hydroxylation is 1. The summed E-state index contributed by atoms with van der Waals surface area (Å²) in [7, 11) is 0. The molecule has 3 N–H and O–H groups in total. The molecule has 17 heavy (non-hydrogen) atoms. The number of aliphatic hydroxyl groups excluding tert-OH is 1. The lowest BCUT2D eigenvalue weighted by Crippen LogP contribution is -2.33. The van der Waals surface area contributed by atoms with Crippen LogP contribution in [0.25, 0.3) is 0 Å². The minimum absolute atomic E-state index is 0.0438. The van der Waals surface area contributed by atoms with E-state index in [1.54, 1.807) is 12.1 Å². The van der Waals surface area contributed by atoms with Gasteiger partial charge in [0.2, 0.25) is 0 Å². The molecule has 0 saturated heterocycles. The third kappa shape index (κ3) is 4.63. The Morgan fingerprint density at radius 2 is 2.24 bits per heavy atom. The zero-order valence-corrected chi connectivity index (χ0v) is 10.7. The van der Waals surface area contributed by atoms with Gasteiger partial charge in [0.25, 0.3) is 0 Å². The van der Waals surface area contributed by atoms with Crippen LogP contribution in [0.4, 0.5) is 10.5 Å². The summed E-state index contributed by atoms with van der Waals surface area (Å²) in [5, 5.41) is 14.8. The average molecular weight is 257 g/mol. The van der Waals surface area contributed by atoms with Crippen LogP contribution in [-0.2, 0) is 0 Å². The second kappa shape index (κ2) is 6.47. The summed E-state index contributed by atoms with van der Waals surface area (Å²) in [5.74, 6) is 0.0438. The van der Waals surface area contributed by atoms with E-state index in [-0.39, 0.29) is 18.6 Å². The molecule has 0 saturated carbocycles. The Bertz CT molecular complexity index is 396. The Morgan fingerprint density at radius 3 is 2.82 bits per heavy atom. The Morgan fingerprint density at radius 1 is 1.53 bits per heavy atom. The molecule has 1 aromatic carbocycles. The second-order valence-corrected chi connectivity index (χ2v) is 4.49. The van der Waals surface area contributed by atoms with Gasteiger partial charge in [0.1, 0.15) is 0 Å². The molecule has 0 bridgehead atoms. The summed E-state index contributed by atoms with van der Waals surface area (Å²) < 4.78 is 0. The van der Waals surface area contributed by atoms with Crippen molar-refractivity contribution in [3.8, 4) is 0 Å². The fourth-order valence-electron chi connectivity index (χ4n) is 1.18. The van der Waals surface area contributed by atoms with E-state index in [1.807, 2.05) is 19.9 Å². The highest BCUT2D eigenvalue weighted by Gasteiger charge is 2.05. The van der Waals surface area contributed by atoms with Crippen molar-refractivity contribution in [3.63, 3.8) is 0 Å². The molecule has 5 heteroatoms. The molecule has 0 aliphatic heterocycles. The molecule has 4 nitrogen and oxygen atoms in total. The largest absolute Gasteiger partial charge is 0.396 e. The summed E-state index contributed by atoms with van der Waals surface area (Å²) in [6, 6.07) is 5.03. The van der Waals surface area contributed by atoms with Gasteiger partial charge in [0.05, 0.1) is 0 Å². The summed E-state index contributed by atoms with van der Waals surface area (Å²) in [5.41, 5.74) is 1.61. The van der Waals surface area contributed by atoms with Crippen LogP contribution in [0.3, 0.4) is 0 Å². The average Bonchev–Trinajstić information content (AvgIpc) is 2.31. The predicted molar refractivity (Wildman–Crippen MR) is 69.5 cm³/mol. The monoisotopic (exact) mass is 256 g/mol. The summed E-state index contributed by atoms with van der Waals surface area (Å²) in [6.45, 7) is 4.23. The molecule has 2 amide bonds. The Kier molecular flexibility index (Phi) is 5.25. The van der Waals surface area contributed by atoms with Crippen molar-refractivity contribution in [2.45, 2.75) is 13.8 Å². The Hall–Kier alpha value is -1.26. The lowest BCUT2D eigenvalue weighted by molar-refractivity contribution is 0.227. The smallest absolute Gasteiger partial charge is 0.319 e. The number of hydrogen-bond donors (Lipinski definition) is 3. The normalized spacial score (nSPS) is 12.0. The molecule has 0 aromatic heterocycles. The van der Waals surface area contributed by atoms with Crippen LogP contribution in [0, 0.1) is 12.8 Å². The first-order valence-electron chi connectivity index (χ1n) is 5.44. The van der Waals surface area contributed by atoms with E-state index < -0.39 is 0 Å². The standard InChI is InChI=1S/C12H17ClN2O2/c1-8(7-16)6-14-12(17)15-10-4-3-9(2)11(13)5-10/h3-5,8,16H,6-7H2,1-2H3,(H2,14,15,17). The van der Waals surface area contributed by atoms with Crippen LogP contribution in [0.5, 0.6) is 0 Å². The number of halogens is 1. The molecule has 0 radical (unpaired) electrons. The van der Waals surface area contributed by atoms with Crippen LogP contribution >= 0.6 is 11.6 Å². The lowest BCUT2D eigenvalue weighted by atomic mass is 10.2. The van der Waals surface area contributed by atoms with Crippen LogP contribution in [-0.4, -0.2) is 24.3 Å². The Labute approximate surface area is 106 Å². The van der Waals surface area contributed by atoms with E-state index in [1.165, 1.54) is 0 Å². The van der Waals surface area contributed by atoms with Crippen molar-refractivity contribution in [2.24, 2.45) is 5.92 Å². The minimum Gasteiger partial charge on any atom is -0.396 e. The zero-order chi connectivity index (χ0) is 12.8. The second-order valence-electron chi connectivity index (χ2n) is 4.09. The van der Waals surface area contributed by atoms with Crippen molar-refractivity contribution in [1.82, 2.24) is 5.32 Å². The zero-order valence-electron chi connectivity index (χ0n) is 9.96. The Balaban J connectivity index is 2.48. The molecule has 94 valence electrons. The molecule has 0 heterocycles. The predicted octanol–water partition coefficient (Wildman–Crippen LogP) is 2.40. The topological polar surface area (TPSA) is 61.4 Å². The van der Waals surface area contributed by atoms with Crippen LogP contribution in [0.2, 0.25) is 5.02 Å². The molecular formula is C12H17ClN2O2. The molecular weight excluding hydrogens is 240 g/mol. The van der Waals surface area contributed by atoms with Gasteiger partial charge in [-0.25, -0.2) is 4.79 Å². The number of carbonyl (C=O) groups is 1. The van der Waals surface area contributed by atoms with Gasteiger partial charge >= 0.3 is 6.03 Å². The number of carbonyl (C=O) groups excluding carboxylic acids is 1. The minimum atomic E-state index is -0.301. The van der Waals surface area contributed by atoms with Gasteiger partial charge in [-0.2, -0.15) is 0 Å². The molecule has 1 unspecified atom stereocenters. The van der Waals surface area contributed by atoms with Gasteiger partial charge in [-0.1, -0.05) is 24.6 Å². The number of amides is 2. The molecule has 0 spiro atoms. The highest BCUT2D eigenvalue weighted by atomic mass is 35.5.